The van der Waals surface area contributed by atoms with Crippen LogP contribution in [0.3, 0.4) is 0 Å². The van der Waals surface area contributed by atoms with Gasteiger partial charge in [0.05, 0.1) is 16.8 Å². The number of carboxylic acid groups (broad SMARTS) is 1. The highest BCUT2D eigenvalue weighted by Crippen LogP contribution is 2.30. The van der Waals surface area contributed by atoms with Crippen LogP contribution in [0.4, 0.5) is 17.1 Å². The van der Waals surface area contributed by atoms with Crippen molar-refractivity contribution in [3.63, 3.8) is 0 Å². The van der Waals surface area contributed by atoms with Crippen molar-refractivity contribution in [2.45, 2.75) is 6.92 Å². The van der Waals surface area contributed by atoms with Gasteiger partial charge in [-0.15, -0.1) is 0 Å². The van der Waals surface area contributed by atoms with Gasteiger partial charge < -0.3 is 10.4 Å². The van der Waals surface area contributed by atoms with E-state index in [0.29, 0.717) is 5.69 Å². The smallest absolute Gasteiger partial charge is 0.342 e. The molecule has 0 bridgehead atoms. The van der Waals surface area contributed by atoms with Crippen molar-refractivity contribution >= 4 is 23.0 Å². The van der Waals surface area contributed by atoms with Gasteiger partial charge in [0.1, 0.15) is 11.3 Å². The number of aromatic carboxylic acids is 1. The lowest BCUT2D eigenvalue weighted by molar-refractivity contribution is -0.384. The number of pyridine rings is 1. The van der Waals surface area contributed by atoms with Gasteiger partial charge in [-0.2, -0.15) is 0 Å². The third kappa shape index (κ3) is 2.72. The predicted molar refractivity (Wildman–Crippen MR) is 72.3 cm³/mol. The van der Waals surface area contributed by atoms with E-state index in [0.717, 1.165) is 5.69 Å². The minimum absolute atomic E-state index is 0.112. The van der Waals surface area contributed by atoms with E-state index in [1.54, 1.807) is 12.1 Å². The molecule has 0 aliphatic rings. The molecule has 0 radical (unpaired) electrons. The number of carbonyl (C=O) groups is 1. The summed E-state index contributed by atoms with van der Waals surface area (Å²) < 4.78 is 0. The number of benzene rings is 1. The molecule has 0 saturated carbocycles. The summed E-state index contributed by atoms with van der Waals surface area (Å²) in [5, 5.41) is 22.9. The van der Waals surface area contributed by atoms with Crippen LogP contribution in [-0.2, 0) is 0 Å². The quantitative estimate of drug-likeness (QED) is 0.655. The topological polar surface area (TPSA) is 105 Å². The van der Waals surface area contributed by atoms with Gasteiger partial charge in [-0.25, -0.2) is 4.79 Å². The summed E-state index contributed by atoms with van der Waals surface area (Å²) in [6.07, 6.45) is 1.52. The monoisotopic (exact) mass is 273 g/mol. The van der Waals surface area contributed by atoms with Crippen molar-refractivity contribution in [3.8, 4) is 0 Å². The highest BCUT2D eigenvalue weighted by molar-refractivity contribution is 5.96. The summed E-state index contributed by atoms with van der Waals surface area (Å²) in [4.78, 5) is 25.5. The van der Waals surface area contributed by atoms with Crippen molar-refractivity contribution in [1.29, 1.82) is 0 Å². The molecule has 7 heteroatoms. The fourth-order valence-corrected chi connectivity index (χ4v) is 1.71. The van der Waals surface area contributed by atoms with Crippen molar-refractivity contribution in [2.24, 2.45) is 0 Å². The van der Waals surface area contributed by atoms with Crippen molar-refractivity contribution < 1.29 is 14.8 Å². The summed E-state index contributed by atoms with van der Waals surface area (Å²) >= 11 is 0. The van der Waals surface area contributed by atoms with E-state index in [1.165, 1.54) is 24.4 Å². The van der Waals surface area contributed by atoms with Gasteiger partial charge in [0, 0.05) is 5.69 Å². The maximum Gasteiger partial charge on any atom is 0.342 e. The number of carboxylic acids is 1. The summed E-state index contributed by atoms with van der Waals surface area (Å²) in [6.45, 7) is 1.82. The molecule has 0 aliphatic carbocycles. The number of nitrogens with zero attached hydrogens (tertiary/aromatic N) is 2. The lowest BCUT2D eigenvalue weighted by Crippen LogP contribution is -2.05. The van der Waals surface area contributed by atoms with E-state index < -0.39 is 16.6 Å². The Morgan fingerprint density at radius 2 is 2.10 bits per heavy atom. The number of rotatable bonds is 4. The molecule has 0 spiro atoms. The number of anilines is 2. The van der Waals surface area contributed by atoms with Crippen LogP contribution in [0, 0.1) is 17.0 Å². The Morgan fingerprint density at radius 3 is 2.65 bits per heavy atom. The first kappa shape index (κ1) is 13.5. The first-order valence-electron chi connectivity index (χ1n) is 5.69. The average Bonchev–Trinajstić information content (AvgIpc) is 2.40. The highest BCUT2D eigenvalue weighted by Gasteiger charge is 2.24. The fourth-order valence-electron chi connectivity index (χ4n) is 1.71. The van der Waals surface area contributed by atoms with Gasteiger partial charge in [0.15, 0.2) is 0 Å². The van der Waals surface area contributed by atoms with Crippen molar-refractivity contribution in [2.75, 3.05) is 5.32 Å². The highest BCUT2D eigenvalue weighted by atomic mass is 16.6. The molecule has 0 amide bonds. The molecule has 2 N–H and O–H groups in total. The van der Waals surface area contributed by atoms with Crippen LogP contribution < -0.4 is 5.32 Å². The van der Waals surface area contributed by atoms with Gasteiger partial charge >= 0.3 is 11.7 Å². The first-order valence-corrected chi connectivity index (χ1v) is 5.69. The van der Waals surface area contributed by atoms with Gasteiger partial charge in [-0.05, 0) is 31.2 Å². The fraction of sp³-hybridized carbons (Fsp3) is 0.0769. The number of hydrogen-bond donors (Lipinski definition) is 2. The Morgan fingerprint density at radius 1 is 1.35 bits per heavy atom. The molecule has 1 heterocycles. The Kier molecular flexibility index (Phi) is 3.60. The lowest BCUT2D eigenvalue weighted by atomic mass is 10.1. The van der Waals surface area contributed by atoms with Gasteiger partial charge in [-0.3, -0.25) is 15.1 Å². The Bertz CT molecular complexity index is 668. The van der Waals surface area contributed by atoms with E-state index >= 15 is 0 Å². The van der Waals surface area contributed by atoms with Crippen LogP contribution >= 0.6 is 0 Å². The Labute approximate surface area is 114 Å². The molecule has 0 fully saturated rings. The van der Waals surface area contributed by atoms with Crippen LogP contribution in [0.2, 0.25) is 0 Å². The Balaban J connectivity index is 2.46. The zero-order valence-electron chi connectivity index (χ0n) is 10.5. The first-order chi connectivity index (χ1) is 9.49. The second kappa shape index (κ2) is 5.35. The molecule has 1 aromatic heterocycles. The van der Waals surface area contributed by atoms with Crippen LogP contribution in [0.25, 0.3) is 0 Å². The number of nitro benzene ring substituents is 1. The maximum atomic E-state index is 11.1. The summed E-state index contributed by atoms with van der Waals surface area (Å²) in [6, 6.07) is 7.54. The summed E-state index contributed by atoms with van der Waals surface area (Å²) in [5.41, 5.74) is 0.631. The third-order valence-corrected chi connectivity index (χ3v) is 2.64. The standard InChI is InChI=1S/C13H11N3O4/c1-8-5-6-9(7-14-8)15-11-4-2-3-10(13(17)18)12(11)16(19)20/h2-7,15H,1H3,(H,17,18). The molecular formula is C13H11N3O4. The Hall–Kier alpha value is -2.96. The molecule has 20 heavy (non-hydrogen) atoms. The molecule has 2 rings (SSSR count). The lowest BCUT2D eigenvalue weighted by Gasteiger charge is -2.08. The minimum atomic E-state index is -1.35. The van der Waals surface area contributed by atoms with Crippen molar-refractivity contribution in [1.82, 2.24) is 4.98 Å². The number of nitro groups is 1. The maximum absolute atomic E-state index is 11.1. The van der Waals surface area contributed by atoms with E-state index in [1.807, 2.05) is 6.92 Å². The average molecular weight is 273 g/mol. The molecule has 0 aliphatic heterocycles. The molecule has 0 saturated heterocycles. The molecule has 0 atom stereocenters. The zero-order valence-corrected chi connectivity index (χ0v) is 10.5. The second-order valence-electron chi connectivity index (χ2n) is 4.08. The molecule has 7 nitrogen and oxygen atoms in total. The van der Waals surface area contributed by atoms with Crippen LogP contribution in [0.1, 0.15) is 16.1 Å². The third-order valence-electron chi connectivity index (χ3n) is 2.64. The number of hydrogen-bond acceptors (Lipinski definition) is 5. The molecule has 102 valence electrons. The van der Waals surface area contributed by atoms with Crippen LogP contribution in [-0.4, -0.2) is 21.0 Å². The summed E-state index contributed by atoms with van der Waals surface area (Å²) in [7, 11) is 0. The van der Waals surface area contributed by atoms with Crippen molar-refractivity contribution in [3.05, 3.63) is 57.9 Å². The van der Waals surface area contributed by atoms with Crippen LogP contribution in [0.15, 0.2) is 36.5 Å². The normalized spacial score (nSPS) is 10.1. The van der Waals surface area contributed by atoms with Gasteiger partial charge in [-0.1, -0.05) is 6.07 Å². The minimum Gasteiger partial charge on any atom is -0.477 e. The SMILES string of the molecule is Cc1ccc(Nc2cccc(C(=O)O)c2[N+](=O)[O-])cn1. The summed E-state index contributed by atoms with van der Waals surface area (Å²) in [5.74, 6) is -1.35. The number of para-hydroxylation sites is 1. The van der Waals surface area contributed by atoms with Crippen LogP contribution in [0.5, 0.6) is 0 Å². The largest absolute Gasteiger partial charge is 0.477 e. The van der Waals surface area contributed by atoms with E-state index in [2.05, 4.69) is 10.3 Å². The molecular weight excluding hydrogens is 262 g/mol. The van der Waals surface area contributed by atoms with Gasteiger partial charge in [0.25, 0.3) is 0 Å². The number of aromatic nitrogens is 1. The number of aryl methyl sites for hydroxylation is 1. The van der Waals surface area contributed by atoms with Gasteiger partial charge in [0.2, 0.25) is 0 Å². The number of nitrogens with one attached hydrogen (secondary N) is 1. The second-order valence-corrected chi connectivity index (χ2v) is 4.08. The van der Waals surface area contributed by atoms with E-state index in [4.69, 9.17) is 5.11 Å². The molecule has 1 aromatic carbocycles. The van der Waals surface area contributed by atoms with E-state index in [-0.39, 0.29) is 11.3 Å². The predicted octanol–water partition coefficient (Wildman–Crippen LogP) is 2.74. The zero-order chi connectivity index (χ0) is 14.7. The molecule has 0 unspecified atom stereocenters. The van der Waals surface area contributed by atoms with E-state index in [9.17, 15) is 14.9 Å². The molecule has 2 aromatic rings.